The standard InChI is InChI=1S/C11H24N2/c1-5-7-8-11(3)12-9-10-13(4)6-2/h5,11-12H,1,6-10H2,2-4H3. The molecule has 0 amide bonds. The van der Waals surface area contributed by atoms with Gasteiger partial charge in [-0.2, -0.15) is 0 Å². The number of nitrogens with zero attached hydrogens (tertiary/aromatic N) is 1. The Labute approximate surface area is 83.0 Å². The summed E-state index contributed by atoms with van der Waals surface area (Å²) in [4.78, 5) is 2.31. The normalized spacial score (nSPS) is 13.2. The monoisotopic (exact) mass is 184 g/mol. The van der Waals surface area contributed by atoms with Crippen molar-refractivity contribution in [1.82, 2.24) is 10.2 Å². The molecule has 2 nitrogen and oxygen atoms in total. The molecule has 0 aromatic heterocycles. The Morgan fingerprint density at radius 3 is 2.77 bits per heavy atom. The summed E-state index contributed by atoms with van der Waals surface area (Å²) in [5.74, 6) is 0. The molecular weight excluding hydrogens is 160 g/mol. The summed E-state index contributed by atoms with van der Waals surface area (Å²) >= 11 is 0. The number of likely N-dealkylation sites (N-methyl/N-ethyl adjacent to an activating group) is 1. The predicted octanol–water partition coefficient (Wildman–Crippen LogP) is 1.88. The molecule has 1 atom stereocenters. The molecule has 0 radical (unpaired) electrons. The van der Waals surface area contributed by atoms with Crippen LogP contribution in [-0.2, 0) is 0 Å². The van der Waals surface area contributed by atoms with Gasteiger partial charge in [-0.05, 0) is 33.4 Å². The molecule has 0 heterocycles. The Kier molecular flexibility index (Phi) is 8.05. The highest BCUT2D eigenvalue weighted by Crippen LogP contribution is 1.95. The Morgan fingerprint density at radius 2 is 2.23 bits per heavy atom. The number of nitrogens with one attached hydrogen (secondary N) is 1. The first-order chi connectivity index (χ1) is 6.20. The highest BCUT2D eigenvalue weighted by atomic mass is 15.1. The minimum Gasteiger partial charge on any atom is -0.313 e. The van der Waals surface area contributed by atoms with E-state index in [1.165, 1.54) is 6.42 Å². The molecule has 0 aliphatic carbocycles. The lowest BCUT2D eigenvalue weighted by molar-refractivity contribution is 0.339. The first-order valence-corrected chi connectivity index (χ1v) is 5.23. The second kappa shape index (κ2) is 8.27. The van der Waals surface area contributed by atoms with E-state index in [1.807, 2.05) is 6.08 Å². The molecule has 0 aliphatic heterocycles. The Morgan fingerprint density at radius 1 is 1.54 bits per heavy atom. The van der Waals surface area contributed by atoms with E-state index in [9.17, 15) is 0 Å². The van der Waals surface area contributed by atoms with E-state index >= 15 is 0 Å². The summed E-state index contributed by atoms with van der Waals surface area (Å²) in [5.41, 5.74) is 0. The van der Waals surface area contributed by atoms with Gasteiger partial charge in [-0.3, -0.25) is 0 Å². The van der Waals surface area contributed by atoms with Gasteiger partial charge in [0.2, 0.25) is 0 Å². The lowest BCUT2D eigenvalue weighted by atomic mass is 10.2. The van der Waals surface area contributed by atoms with Gasteiger partial charge in [-0.1, -0.05) is 13.0 Å². The van der Waals surface area contributed by atoms with Crippen molar-refractivity contribution in [3.63, 3.8) is 0 Å². The summed E-state index contributed by atoms with van der Waals surface area (Å²) in [5, 5.41) is 3.49. The zero-order valence-electron chi connectivity index (χ0n) is 9.34. The lowest BCUT2D eigenvalue weighted by Crippen LogP contribution is -2.34. The van der Waals surface area contributed by atoms with Gasteiger partial charge >= 0.3 is 0 Å². The van der Waals surface area contributed by atoms with Gasteiger partial charge < -0.3 is 10.2 Å². The van der Waals surface area contributed by atoms with Crippen molar-refractivity contribution in [2.75, 3.05) is 26.7 Å². The first kappa shape index (κ1) is 12.7. The summed E-state index contributed by atoms with van der Waals surface area (Å²) in [6.07, 6.45) is 4.29. The maximum absolute atomic E-state index is 3.72. The zero-order chi connectivity index (χ0) is 10.1. The fraction of sp³-hybridized carbons (Fsp3) is 0.818. The fourth-order valence-corrected chi connectivity index (χ4v) is 1.13. The molecular formula is C11H24N2. The molecule has 0 saturated heterocycles. The van der Waals surface area contributed by atoms with Crippen molar-refractivity contribution in [2.45, 2.75) is 32.7 Å². The molecule has 0 spiro atoms. The molecule has 0 saturated carbocycles. The van der Waals surface area contributed by atoms with Crippen molar-refractivity contribution < 1.29 is 0 Å². The van der Waals surface area contributed by atoms with E-state index in [2.05, 4.69) is 37.7 Å². The topological polar surface area (TPSA) is 15.3 Å². The predicted molar refractivity (Wildman–Crippen MR) is 60.1 cm³/mol. The molecule has 1 unspecified atom stereocenters. The third-order valence-corrected chi connectivity index (χ3v) is 2.33. The van der Waals surface area contributed by atoms with Crippen molar-refractivity contribution in [3.05, 3.63) is 12.7 Å². The van der Waals surface area contributed by atoms with E-state index < -0.39 is 0 Å². The Hall–Kier alpha value is -0.340. The first-order valence-electron chi connectivity index (χ1n) is 5.23. The van der Waals surface area contributed by atoms with Gasteiger partial charge in [0.25, 0.3) is 0 Å². The maximum Gasteiger partial charge on any atom is 0.0104 e. The van der Waals surface area contributed by atoms with E-state index in [-0.39, 0.29) is 0 Å². The summed E-state index contributed by atoms with van der Waals surface area (Å²) in [7, 11) is 2.15. The van der Waals surface area contributed by atoms with Gasteiger partial charge in [-0.25, -0.2) is 0 Å². The second-order valence-electron chi connectivity index (χ2n) is 3.62. The largest absolute Gasteiger partial charge is 0.313 e. The van der Waals surface area contributed by atoms with Crippen LogP contribution in [-0.4, -0.2) is 37.6 Å². The highest BCUT2D eigenvalue weighted by Gasteiger charge is 1.99. The van der Waals surface area contributed by atoms with Crippen LogP contribution < -0.4 is 5.32 Å². The van der Waals surface area contributed by atoms with Gasteiger partial charge in [-0.15, -0.1) is 6.58 Å². The smallest absolute Gasteiger partial charge is 0.0104 e. The van der Waals surface area contributed by atoms with E-state index in [0.717, 1.165) is 26.1 Å². The van der Waals surface area contributed by atoms with Crippen LogP contribution in [0.4, 0.5) is 0 Å². The summed E-state index contributed by atoms with van der Waals surface area (Å²) in [6.45, 7) is 11.5. The van der Waals surface area contributed by atoms with E-state index in [1.54, 1.807) is 0 Å². The van der Waals surface area contributed by atoms with Crippen molar-refractivity contribution in [1.29, 1.82) is 0 Å². The average Bonchev–Trinajstić information content (AvgIpc) is 2.14. The molecule has 13 heavy (non-hydrogen) atoms. The van der Waals surface area contributed by atoms with Crippen LogP contribution >= 0.6 is 0 Å². The van der Waals surface area contributed by atoms with Crippen LogP contribution in [0.25, 0.3) is 0 Å². The van der Waals surface area contributed by atoms with Crippen molar-refractivity contribution in [3.8, 4) is 0 Å². The number of allylic oxidation sites excluding steroid dienone is 1. The zero-order valence-corrected chi connectivity index (χ0v) is 9.34. The van der Waals surface area contributed by atoms with Crippen molar-refractivity contribution in [2.24, 2.45) is 0 Å². The van der Waals surface area contributed by atoms with Gasteiger partial charge in [0.05, 0.1) is 0 Å². The van der Waals surface area contributed by atoms with Crippen molar-refractivity contribution >= 4 is 0 Å². The molecule has 0 aromatic carbocycles. The maximum atomic E-state index is 3.72. The lowest BCUT2D eigenvalue weighted by Gasteiger charge is -2.17. The molecule has 0 fully saturated rings. The second-order valence-corrected chi connectivity index (χ2v) is 3.62. The van der Waals surface area contributed by atoms with E-state index in [4.69, 9.17) is 0 Å². The molecule has 0 bridgehead atoms. The molecule has 0 aromatic rings. The van der Waals surface area contributed by atoms with Crippen LogP contribution in [0.1, 0.15) is 26.7 Å². The summed E-state index contributed by atoms with van der Waals surface area (Å²) in [6, 6.07) is 0.614. The van der Waals surface area contributed by atoms with Crippen LogP contribution in [0.5, 0.6) is 0 Å². The van der Waals surface area contributed by atoms with Gasteiger partial charge in [0.1, 0.15) is 0 Å². The fourth-order valence-electron chi connectivity index (χ4n) is 1.13. The van der Waals surface area contributed by atoms with Gasteiger partial charge in [0, 0.05) is 19.1 Å². The van der Waals surface area contributed by atoms with Crippen LogP contribution in [0, 0.1) is 0 Å². The number of hydrogen-bond acceptors (Lipinski definition) is 2. The molecule has 0 rings (SSSR count). The van der Waals surface area contributed by atoms with Crippen LogP contribution in [0.3, 0.4) is 0 Å². The quantitative estimate of drug-likeness (QED) is 0.579. The van der Waals surface area contributed by atoms with Crippen LogP contribution in [0.2, 0.25) is 0 Å². The Balaban J connectivity index is 3.25. The molecule has 0 aliphatic rings. The minimum absolute atomic E-state index is 0.614. The van der Waals surface area contributed by atoms with E-state index in [0.29, 0.717) is 6.04 Å². The average molecular weight is 184 g/mol. The SMILES string of the molecule is C=CCCC(C)NCCN(C)CC. The molecule has 78 valence electrons. The number of rotatable bonds is 8. The summed E-state index contributed by atoms with van der Waals surface area (Å²) < 4.78 is 0. The Bertz CT molecular complexity index is 123. The minimum atomic E-state index is 0.614. The van der Waals surface area contributed by atoms with Crippen LogP contribution in [0.15, 0.2) is 12.7 Å². The molecule has 2 heteroatoms. The number of hydrogen-bond donors (Lipinski definition) is 1. The van der Waals surface area contributed by atoms with Gasteiger partial charge in [0.15, 0.2) is 0 Å². The highest BCUT2D eigenvalue weighted by molar-refractivity contribution is 4.71. The third kappa shape index (κ3) is 8.00. The molecule has 1 N–H and O–H groups in total. The third-order valence-electron chi connectivity index (χ3n) is 2.33.